The fourth-order valence-electron chi connectivity index (χ4n) is 2.56. The van der Waals surface area contributed by atoms with E-state index in [0.29, 0.717) is 37.2 Å². The summed E-state index contributed by atoms with van der Waals surface area (Å²) in [5.74, 6) is -0.236. The van der Waals surface area contributed by atoms with E-state index in [2.05, 4.69) is 15.4 Å². The highest BCUT2D eigenvalue weighted by atomic mass is 16.5. The normalized spacial score (nSPS) is 11.0. The first-order valence-corrected chi connectivity index (χ1v) is 8.40. The van der Waals surface area contributed by atoms with Gasteiger partial charge in [-0.05, 0) is 12.0 Å². The molecular weight excluding hydrogens is 334 g/mol. The summed E-state index contributed by atoms with van der Waals surface area (Å²) >= 11 is 0. The molecule has 136 valence electrons. The third kappa shape index (κ3) is 4.34. The summed E-state index contributed by atoms with van der Waals surface area (Å²) in [6.45, 7) is 1.53. The minimum atomic E-state index is -0.274. The van der Waals surface area contributed by atoms with Crippen LogP contribution in [0.4, 0.5) is 0 Å². The highest BCUT2D eigenvalue weighted by Gasteiger charge is 2.10. The lowest BCUT2D eigenvalue weighted by Crippen LogP contribution is -2.33. The Kier molecular flexibility index (Phi) is 5.75. The summed E-state index contributed by atoms with van der Waals surface area (Å²) in [6, 6.07) is 9.92. The van der Waals surface area contributed by atoms with E-state index in [1.807, 2.05) is 30.3 Å². The number of hydrogen-bond donors (Lipinski definition) is 1. The molecule has 8 nitrogen and oxygen atoms in total. The van der Waals surface area contributed by atoms with Crippen molar-refractivity contribution in [3.05, 3.63) is 58.8 Å². The lowest BCUT2D eigenvalue weighted by atomic mass is 10.2. The van der Waals surface area contributed by atoms with Gasteiger partial charge in [0, 0.05) is 20.2 Å². The molecule has 26 heavy (non-hydrogen) atoms. The second-order valence-corrected chi connectivity index (χ2v) is 5.92. The predicted molar refractivity (Wildman–Crippen MR) is 96.5 cm³/mol. The van der Waals surface area contributed by atoms with Crippen LogP contribution in [0.15, 0.2) is 47.7 Å². The van der Waals surface area contributed by atoms with Crippen molar-refractivity contribution in [1.29, 1.82) is 0 Å². The molecule has 0 fully saturated rings. The Hall–Kier alpha value is -3.00. The molecule has 1 N–H and O–H groups in total. The van der Waals surface area contributed by atoms with E-state index in [1.54, 1.807) is 7.05 Å². The molecule has 0 atom stereocenters. The maximum Gasteiger partial charge on any atom is 0.264 e. The first-order chi connectivity index (χ1) is 12.6. The van der Waals surface area contributed by atoms with Crippen LogP contribution in [0, 0.1) is 0 Å². The number of fused-ring (bicyclic) bond motifs is 1. The fourth-order valence-corrected chi connectivity index (χ4v) is 2.56. The summed E-state index contributed by atoms with van der Waals surface area (Å²) in [6.07, 6.45) is 3.53. The van der Waals surface area contributed by atoms with Gasteiger partial charge in [0.05, 0.1) is 12.8 Å². The number of carbonyl (C=O) groups is 1. The molecule has 0 aliphatic rings. The quantitative estimate of drug-likeness (QED) is 0.605. The molecule has 0 saturated heterocycles. The second-order valence-electron chi connectivity index (χ2n) is 5.92. The third-order valence-electron chi connectivity index (χ3n) is 3.93. The molecule has 1 amide bonds. The van der Waals surface area contributed by atoms with Gasteiger partial charge in [0.15, 0.2) is 5.65 Å². The summed E-state index contributed by atoms with van der Waals surface area (Å²) in [4.78, 5) is 28.5. The Balaban J connectivity index is 1.40. The third-order valence-corrected chi connectivity index (χ3v) is 3.93. The van der Waals surface area contributed by atoms with Gasteiger partial charge < -0.3 is 10.1 Å². The van der Waals surface area contributed by atoms with Crippen molar-refractivity contribution in [3.8, 4) is 0 Å². The van der Waals surface area contributed by atoms with Crippen molar-refractivity contribution >= 4 is 16.9 Å². The Bertz CT molecular complexity index is 933. The lowest BCUT2D eigenvalue weighted by Gasteiger charge is -2.08. The Morgan fingerprint density at radius 2 is 2.08 bits per heavy atom. The molecule has 3 aromatic rings. The van der Waals surface area contributed by atoms with Gasteiger partial charge in [-0.15, -0.1) is 0 Å². The van der Waals surface area contributed by atoms with Crippen molar-refractivity contribution in [2.75, 3.05) is 13.2 Å². The molecule has 0 bridgehead atoms. The average Bonchev–Trinajstić information content (AvgIpc) is 3.03. The number of amides is 1. The number of benzene rings is 1. The van der Waals surface area contributed by atoms with Crippen LogP contribution in [-0.2, 0) is 29.7 Å². The second kappa shape index (κ2) is 8.39. The van der Waals surface area contributed by atoms with E-state index in [9.17, 15) is 9.59 Å². The first kappa shape index (κ1) is 17.8. The highest BCUT2D eigenvalue weighted by molar-refractivity contribution is 5.77. The molecule has 3 rings (SSSR count). The van der Waals surface area contributed by atoms with E-state index in [0.717, 1.165) is 5.56 Å². The lowest BCUT2D eigenvalue weighted by molar-refractivity contribution is -0.121. The Morgan fingerprint density at radius 1 is 1.27 bits per heavy atom. The Morgan fingerprint density at radius 3 is 2.88 bits per heavy atom. The number of rotatable bonds is 8. The van der Waals surface area contributed by atoms with Gasteiger partial charge in [0.1, 0.15) is 18.3 Å². The minimum Gasteiger partial charge on any atom is -0.377 e. The van der Waals surface area contributed by atoms with E-state index in [4.69, 9.17) is 4.74 Å². The maximum atomic E-state index is 12.3. The molecular formula is C18H21N5O3. The van der Waals surface area contributed by atoms with Crippen molar-refractivity contribution in [2.45, 2.75) is 19.6 Å². The van der Waals surface area contributed by atoms with E-state index in [1.165, 1.54) is 21.8 Å². The Labute approximate surface area is 150 Å². The van der Waals surface area contributed by atoms with E-state index < -0.39 is 0 Å². The molecule has 2 heterocycles. The maximum absolute atomic E-state index is 12.3. The average molecular weight is 355 g/mol. The van der Waals surface area contributed by atoms with Crippen LogP contribution in [0.1, 0.15) is 12.0 Å². The standard InChI is InChI=1S/C18H21N5O3/c1-22-17-15(10-21-22)18(25)23(13-20-17)11-16(24)19-8-5-9-26-12-14-6-3-2-4-7-14/h2-4,6-7,10,13H,5,8-9,11-12H2,1H3,(H,19,24). The van der Waals surface area contributed by atoms with Crippen LogP contribution in [0.3, 0.4) is 0 Å². The highest BCUT2D eigenvalue weighted by Crippen LogP contribution is 2.03. The number of nitrogens with zero attached hydrogens (tertiary/aromatic N) is 4. The molecule has 2 aromatic heterocycles. The zero-order valence-corrected chi connectivity index (χ0v) is 14.6. The van der Waals surface area contributed by atoms with Gasteiger partial charge in [-0.2, -0.15) is 5.10 Å². The number of aryl methyl sites for hydroxylation is 1. The minimum absolute atomic E-state index is 0.0679. The van der Waals surface area contributed by atoms with Crippen molar-refractivity contribution < 1.29 is 9.53 Å². The molecule has 0 spiro atoms. The van der Waals surface area contributed by atoms with Crippen LogP contribution < -0.4 is 10.9 Å². The summed E-state index contributed by atoms with van der Waals surface area (Å²) < 4.78 is 8.37. The molecule has 0 aliphatic carbocycles. The molecule has 0 saturated carbocycles. The van der Waals surface area contributed by atoms with Gasteiger partial charge in [-0.25, -0.2) is 4.98 Å². The van der Waals surface area contributed by atoms with Crippen LogP contribution >= 0.6 is 0 Å². The fraction of sp³-hybridized carbons (Fsp3) is 0.333. The number of nitrogens with one attached hydrogen (secondary N) is 1. The number of hydrogen-bond acceptors (Lipinski definition) is 5. The smallest absolute Gasteiger partial charge is 0.264 e. The van der Waals surface area contributed by atoms with Crippen molar-refractivity contribution in [1.82, 2.24) is 24.6 Å². The first-order valence-electron chi connectivity index (χ1n) is 8.40. The van der Waals surface area contributed by atoms with Crippen molar-refractivity contribution in [3.63, 3.8) is 0 Å². The molecule has 0 radical (unpaired) electrons. The summed E-state index contributed by atoms with van der Waals surface area (Å²) in [7, 11) is 1.71. The van der Waals surface area contributed by atoms with Gasteiger partial charge >= 0.3 is 0 Å². The number of ether oxygens (including phenoxy) is 1. The number of carbonyl (C=O) groups excluding carboxylic acids is 1. The largest absolute Gasteiger partial charge is 0.377 e. The number of aromatic nitrogens is 4. The monoisotopic (exact) mass is 355 g/mol. The van der Waals surface area contributed by atoms with Crippen LogP contribution in [0.25, 0.3) is 11.0 Å². The van der Waals surface area contributed by atoms with Crippen LogP contribution in [0.2, 0.25) is 0 Å². The topological polar surface area (TPSA) is 91.0 Å². The molecule has 8 heteroatoms. The van der Waals surface area contributed by atoms with Gasteiger partial charge in [0.2, 0.25) is 5.91 Å². The van der Waals surface area contributed by atoms with Crippen molar-refractivity contribution in [2.24, 2.45) is 7.05 Å². The summed E-state index contributed by atoms with van der Waals surface area (Å²) in [5.41, 5.74) is 1.35. The predicted octanol–water partition coefficient (Wildman–Crippen LogP) is 0.853. The van der Waals surface area contributed by atoms with Gasteiger partial charge in [-0.3, -0.25) is 18.8 Å². The van der Waals surface area contributed by atoms with Crippen LogP contribution in [0.5, 0.6) is 0 Å². The van der Waals surface area contributed by atoms with Gasteiger partial charge in [-0.1, -0.05) is 30.3 Å². The van der Waals surface area contributed by atoms with E-state index in [-0.39, 0.29) is 18.0 Å². The molecule has 0 aliphatic heterocycles. The summed E-state index contributed by atoms with van der Waals surface area (Å²) in [5, 5.41) is 7.19. The molecule has 1 aromatic carbocycles. The SMILES string of the molecule is Cn1ncc2c(=O)n(CC(=O)NCCCOCc3ccccc3)cnc21. The zero-order chi connectivity index (χ0) is 18.4. The van der Waals surface area contributed by atoms with E-state index >= 15 is 0 Å². The molecule has 0 unspecified atom stereocenters. The van der Waals surface area contributed by atoms with Gasteiger partial charge in [0.25, 0.3) is 5.56 Å². The van der Waals surface area contributed by atoms with Crippen LogP contribution in [-0.4, -0.2) is 38.4 Å². The zero-order valence-electron chi connectivity index (χ0n) is 14.6.